The topological polar surface area (TPSA) is 58.5 Å². The lowest BCUT2D eigenvalue weighted by Gasteiger charge is -2.08. The first-order chi connectivity index (χ1) is 13.1. The number of aryl methyl sites for hydroxylation is 1. The summed E-state index contributed by atoms with van der Waals surface area (Å²) in [4.78, 5) is 24.9. The number of benzene rings is 3. The molecule has 4 nitrogen and oxygen atoms in total. The fourth-order valence-electron chi connectivity index (χ4n) is 2.60. The molecule has 0 aliphatic rings. The number of carbonyl (C=O) groups is 2. The zero-order valence-electron chi connectivity index (χ0n) is 15.1. The minimum absolute atomic E-state index is 0.0495. The maximum Gasteiger partial charge on any atom is 0.271 e. The maximum absolute atomic E-state index is 12.7. The number of nitrogens with one attached hydrogen (secondary N) is 1. The van der Waals surface area contributed by atoms with Crippen molar-refractivity contribution in [3.05, 3.63) is 107 Å². The summed E-state index contributed by atoms with van der Waals surface area (Å²) in [5.41, 5.74) is 6.11. The van der Waals surface area contributed by atoms with Crippen LogP contribution in [0, 0.1) is 6.92 Å². The second-order valence-electron chi connectivity index (χ2n) is 6.20. The predicted molar refractivity (Wildman–Crippen MR) is 107 cm³/mol. The van der Waals surface area contributed by atoms with Crippen molar-refractivity contribution in [2.24, 2.45) is 5.10 Å². The monoisotopic (exact) mass is 356 g/mol. The molecular formula is C23H20N2O2. The summed E-state index contributed by atoms with van der Waals surface area (Å²) >= 11 is 0. The van der Waals surface area contributed by atoms with Gasteiger partial charge in [0.25, 0.3) is 5.91 Å². The third-order valence-corrected chi connectivity index (χ3v) is 4.14. The smallest absolute Gasteiger partial charge is 0.271 e. The molecule has 0 radical (unpaired) electrons. The fourth-order valence-corrected chi connectivity index (χ4v) is 2.60. The first-order valence-corrected chi connectivity index (χ1v) is 8.71. The van der Waals surface area contributed by atoms with E-state index in [0.29, 0.717) is 16.8 Å². The Labute approximate surface area is 158 Å². The van der Waals surface area contributed by atoms with Crippen LogP contribution in [0.1, 0.15) is 38.3 Å². The Bertz CT molecular complexity index is 947. The van der Waals surface area contributed by atoms with Crippen molar-refractivity contribution in [3.8, 4) is 0 Å². The molecule has 1 amide bonds. The highest BCUT2D eigenvalue weighted by atomic mass is 16.2. The number of carbonyl (C=O) groups excluding carboxylic acids is 2. The van der Waals surface area contributed by atoms with E-state index in [4.69, 9.17) is 0 Å². The van der Waals surface area contributed by atoms with Crippen molar-refractivity contribution >= 4 is 17.4 Å². The Morgan fingerprint density at radius 1 is 0.741 bits per heavy atom. The summed E-state index contributed by atoms with van der Waals surface area (Å²) in [6.45, 7) is 1.98. The Balaban J connectivity index is 1.82. The molecule has 0 aromatic heterocycles. The van der Waals surface area contributed by atoms with E-state index in [1.54, 1.807) is 24.3 Å². The fraction of sp³-hybridized carbons (Fsp3) is 0.0870. The lowest BCUT2D eigenvalue weighted by Crippen LogP contribution is -2.21. The van der Waals surface area contributed by atoms with Crippen molar-refractivity contribution in [1.82, 2.24) is 5.43 Å². The van der Waals surface area contributed by atoms with Crippen LogP contribution in [0.3, 0.4) is 0 Å². The third kappa shape index (κ3) is 4.98. The quantitative estimate of drug-likeness (QED) is 0.404. The lowest BCUT2D eigenvalue weighted by atomic mass is 10.0. The van der Waals surface area contributed by atoms with Crippen LogP contribution in [0.4, 0.5) is 0 Å². The Morgan fingerprint density at radius 2 is 1.30 bits per heavy atom. The molecule has 0 aliphatic carbocycles. The molecule has 0 saturated carbocycles. The molecule has 0 bridgehead atoms. The van der Waals surface area contributed by atoms with E-state index in [1.165, 1.54) is 0 Å². The molecule has 0 spiro atoms. The van der Waals surface area contributed by atoms with Crippen molar-refractivity contribution in [3.63, 3.8) is 0 Å². The number of ketones is 1. The summed E-state index contributed by atoms with van der Waals surface area (Å²) in [6.07, 6.45) is 0.0993. The van der Waals surface area contributed by atoms with E-state index in [2.05, 4.69) is 10.5 Å². The third-order valence-electron chi connectivity index (χ3n) is 4.14. The molecule has 4 heteroatoms. The summed E-state index contributed by atoms with van der Waals surface area (Å²) in [7, 11) is 0. The van der Waals surface area contributed by atoms with Gasteiger partial charge in [-0.2, -0.15) is 5.10 Å². The first-order valence-electron chi connectivity index (χ1n) is 8.71. The summed E-state index contributed by atoms with van der Waals surface area (Å²) in [5, 5.41) is 4.25. The van der Waals surface area contributed by atoms with Crippen LogP contribution >= 0.6 is 0 Å². The molecule has 3 aromatic rings. The van der Waals surface area contributed by atoms with Crippen LogP contribution in [0.25, 0.3) is 0 Å². The van der Waals surface area contributed by atoms with Gasteiger partial charge in [0.1, 0.15) is 0 Å². The van der Waals surface area contributed by atoms with E-state index in [0.717, 1.165) is 11.1 Å². The second-order valence-corrected chi connectivity index (χ2v) is 6.20. The van der Waals surface area contributed by atoms with Gasteiger partial charge >= 0.3 is 0 Å². The van der Waals surface area contributed by atoms with E-state index in [-0.39, 0.29) is 18.1 Å². The highest BCUT2D eigenvalue weighted by molar-refractivity contribution is 6.16. The molecule has 0 aliphatic heterocycles. The minimum atomic E-state index is -0.313. The molecule has 27 heavy (non-hydrogen) atoms. The van der Waals surface area contributed by atoms with Crippen LogP contribution in [-0.4, -0.2) is 17.4 Å². The summed E-state index contributed by atoms with van der Waals surface area (Å²) in [5.74, 6) is -0.363. The van der Waals surface area contributed by atoms with Gasteiger partial charge in [-0.25, -0.2) is 5.43 Å². The van der Waals surface area contributed by atoms with Gasteiger partial charge in [-0.1, -0.05) is 78.4 Å². The van der Waals surface area contributed by atoms with Crippen LogP contribution < -0.4 is 5.43 Å². The maximum atomic E-state index is 12.7. The molecule has 0 fully saturated rings. The standard InChI is InChI=1S/C23H20N2O2/c1-17-12-14-19(15-13-17)22(26)16-21(18-8-4-2-5-9-18)24-25-23(27)20-10-6-3-7-11-20/h2-15H,16H2,1H3,(H,25,27)/b24-21+. The van der Waals surface area contributed by atoms with Crippen molar-refractivity contribution in [1.29, 1.82) is 0 Å². The highest BCUT2D eigenvalue weighted by Gasteiger charge is 2.13. The molecule has 0 atom stereocenters. The number of nitrogens with zero attached hydrogens (tertiary/aromatic N) is 1. The molecule has 1 N–H and O–H groups in total. The van der Waals surface area contributed by atoms with Crippen LogP contribution in [0.5, 0.6) is 0 Å². The number of Topliss-reactive ketones (excluding diaryl/α,β-unsaturated/α-hetero) is 1. The number of rotatable bonds is 6. The first kappa shape index (κ1) is 18.3. The molecule has 0 unspecified atom stereocenters. The van der Waals surface area contributed by atoms with E-state index >= 15 is 0 Å². The lowest BCUT2D eigenvalue weighted by molar-refractivity contribution is 0.0951. The highest BCUT2D eigenvalue weighted by Crippen LogP contribution is 2.11. The normalized spacial score (nSPS) is 11.1. The van der Waals surface area contributed by atoms with Gasteiger partial charge in [0.15, 0.2) is 5.78 Å². The zero-order chi connectivity index (χ0) is 19.1. The van der Waals surface area contributed by atoms with Crippen LogP contribution in [0.2, 0.25) is 0 Å². The van der Waals surface area contributed by atoms with Crippen molar-refractivity contribution < 1.29 is 9.59 Å². The van der Waals surface area contributed by atoms with Gasteiger partial charge in [0, 0.05) is 11.1 Å². The molecule has 0 heterocycles. The summed E-state index contributed by atoms with van der Waals surface area (Å²) < 4.78 is 0. The van der Waals surface area contributed by atoms with Gasteiger partial charge in [-0.05, 0) is 24.6 Å². The largest absolute Gasteiger partial charge is 0.294 e. The van der Waals surface area contributed by atoms with Crippen molar-refractivity contribution in [2.45, 2.75) is 13.3 Å². The molecule has 134 valence electrons. The second kappa shape index (κ2) is 8.72. The SMILES string of the molecule is Cc1ccc(C(=O)C/C(=N\NC(=O)c2ccccc2)c2ccccc2)cc1. The van der Waals surface area contributed by atoms with Gasteiger partial charge in [-0.15, -0.1) is 0 Å². The number of amides is 1. The molecule has 3 aromatic carbocycles. The van der Waals surface area contributed by atoms with E-state index in [1.807, 2.05) is 67.6 Å². The Kier molecular flexibility index (Phi) is 5.90. The van der Waals surface area contributed by atoms with E-state index < -0.39 is 0 Å². The number of hydrazone groups is 1. The zero-order valence-corrected chi connectivity index (χ0v) is 15.1. The van der Waals surface area contributed by atoms with Crippen molar-refractivity contribution in [2.75, 3.05) is 0 Å². The average Bonchev–Trinajstić information content (AvgIpc) is 2.72. The molecule has 0 saturated heterocycles. The van der Waals surface area contributed by atoms with Crippen LogP contribution in [0.15, 0.2) is 90.0 Å². The number of hydrogen-bond acceptors (Lipinski definition) is 3. The van der Waals surface area contributed by atoms with Crippen LogP contribution in [-0.2, 0) is 0 Å². The number of hydrogen-bond donors (Lipinski definition) is 1. The average molecular weight is 356 g/mol. The summed E-state index contributed by atoms with van der Waals surface area (Å²) in [6, 6.07) is 25.7. The van der Waals surface area contributed by atoms with E-state index in [9.17, 15) is 9.59 Å². The minimum Gasteiger partial charge on any atom is -0.294 e. The van der Waals surface area contributed by atoms with Gasteiger partial charge in [0.2, 0.25) is 0 Å². The van der Waals surface area contributed by atoms with Gasteiger partial charge < -0.3 is 0 Å². The Hall–Kier alpha value is -3.53. The molecule has 3 rings (SSSR count). The van der Waals surface area contributed by atoms with Gasteiger partial charge in [0.05, 0.1) is 12.1 Å². The van der Waals surface area contributed by atoms with Gasteiger partial charge in [-0.3, -0.25) is 9.59 Å². The Morgan fingerprint density at radius 3 is 1.89 bits per heavy atom. The predicted octanol–water partition coefficient (Wildman–Crippen LogP) is 4.40. The molecular weight excluding hydrogens is 336 g/mol.